The summed E-state index contributed by atoms with van der Waals surface area (Å²) < 4.78 is 20.4. The van der Waals surface area contributed by atoms with Crippen LogP contribution in [0.4, 0.5) is 15.8 Å². The number of methoxy groups -OCH3 is 1. The summed E-state index contributed by atoms with van der Waals surface area (Å²) >= 11 is 0. The summed E-state index contributed by atoms with van der Waals surface area (Å²) in [5.74, 6) is -1.51. The zero-order valence-electron chi connectivity index (χ0n) is 23.2. The first kappa shape index (κ1) is 28.6. The van der Waals surface area contributed by atoms with E-state index in [1.54, 1.807) is 24.3 Å². The Balaban J connectivity index is 1.70. The fraction of sp³-hybridized carbons (Fsp3) is 0.303. The summed E-state index contributed by atoms with van der Waals surface area (Å²) in [7, 11) is 5.20. The highest BCUT2D eigenvalue weighted by Gasteiger charge is 2.29. The number of hydrogen-bond acceptors (Lipinski definition) is 5. The van der Waals surface area contributed by atoms with Crippen molar-refractivity contribution in [3.8, 4) is 17.2 Å². The lowest BCUT2D eigenvalue weighted by Gasteiger charge is -2.30. The molecule has 0 bridgehead atoms. The van der Waals surface area contributed by atoms with Gasteiger partial charge in [0.05, 0.1) is 31.0 Å². The van der Waals surface area contributed by atoms with E-state index in [9.17, 15) is 14.9 Å². The Hall–Kier alpha value is -4.44. The van der Waals surface area contributed by atoms with E-state index in [0.717, 1.165) is 60.6 Å². The van der Waals surface area contributed by atoms with Crippen molar-refractivity contribution in [2.45, 2.75) is 38.6 Å². The van der Waals surface area contributed by atoms with Gasteiger partial charge in [-0.05, 0) is 59.9 Å². The van der Waals surface area contributed by atoms with Gasteiger partial charge >= 0.3 is 5.97 Å². The highest BCUT2D eigenvalue weighted by Crippen LogP contribution is 2.32. The van der Waals surface area contributed by atoms with Crippen molar-refractivity contribution in [1.82, 2.24) is 0 Å². The van der Waals surface area contributed by atoms with Gasteiger partial charge in [0, 0.05) is 37.3 Å². The molecule has 0 atom stereocenters. The van der Waals surface area contributed by atoms with Crippen LogP contribution in [0.5, 0.6) is 0 Å². The van der Waals surface area contributed by atoms with Gasteiger partial charge in [-0.3, -0.25) is 4.79 Å². The quantitative estimate of drug-likeness (QED) is 0.234. The fourth-order valence-electron chi connectivity index (χ4n) is 5.11. The van der Waals surface area contributed by atoms with E-state index in [2.05, 4.69) is 10.8 Å². The number of benzene rings is 3. The van der Waals surface area contributed by atoms with E-state index in [4.69, 9.17) is 0 Å². The summed E-state index contributed by atoms with van der Waals surface area (Å²) in [5.41, 5.74) is 4.30. The first-order valence-electron chi connectivity index (χ1n) is 13.5. The van der Waals surface area contributed by atoms with Gasteiger partial charge in [-0.25, -0.2) is 9.18 Å². The van der Waals surface area contributed by atoms with Crippen LogP contribution < -0.4 is 9.80 Å². The number of hydrogen-bond donors (Lipinski definition) is 0. The van der Waals surface area contributed by atoms with Crippen molar-refractivity contribution < 1.29 is 18.7 Å². The van der Waals surface area contributed by atoms with Crippen molar-refractivity contribution in [2.24, 2.45) is 5.92 Å². The third kappa shape index (κ3) is 6.58. The van der Waals surface area contributed by atoms with Gasteiger partial charge in [-0.1, -0.05) is 55.7 Å². The Morgan fingerprint density at radius 1 is 1.05 bits per heavy atom. The number of halogens is 1. The number of rotatable bonds is 8. The maximum absolute atomic E-state index is 15.8. The number of anilines is 2. The van der Waals surface area contributed by atoms with E-state index in [-0.39, 0.29) is 29.6 Å². The molecule has 0 unspecified atom stereocenters. The molecule has 6 nitrogen and oxygen atoms in total. The molecule has 0 aromatic heterocycles. The van der Waals surface area contributed by atoms with E-state index in [0.29, 0.717) is 5.56 Å². The fourth-order valence-corrected chi connectivity index (χ4v) is 5.11. The minimum absolute atomic E-state index is 0.116. The summed E-state index contributed by atoms with van der Waals surface area (Å²) in [6, 6.07) is 20.6. The zero-order chi connectivity index (χ0) is 28.6. The summed E-state index contributed by atoms with van der Waals surface area (Å²) in [4.78, 5) is 28.9. The van der Waals surface area contributed by atoms with Crippen molar-refractivity contribution in [3.63, 3.8) is 0 Å². The SMILES string of the molecule is COC(=O)/C=C/c1cccc(N(Cc2ccc(-c3ccc(N(C)C)cc3)c(C#N)c2)C(=O)C2CCCCC2)c1F. The molecule has 0 heterocycles. The van der Waals surface area contributed by atoms with E-state index in [1.165, 1.54) is 18.1 Å². The maximum Gasteiger partial charge on any atom is 0.330 e. The molecule has 40 heavy (non-hydrogen) atoms. The molecule has 1 fully saturated rings. The Morgan fingerprint density at radius 3 is 2.42 bits per heavy atom. The predicted molar refractivity (Wildman–Crippen MR) is 156 cm³/mol. The lowest BCUT2D eigenvalue weighted by atomic mass is 9.88. The van der Waals surface area contributed by atoms with Crippen LogP contribution in [-0.2, 0) is 20.9 Å². The molecule has 3 aromatic rings. The van der Waals surface area contributed by atoms with Gasteiger partial charge in [0.1, 0.15) is 0 Å². The Bertz CT molecular complexity index is 1430. The average Bonchev–Trinajstić information content (AvgIpc) is 2.99. The second kappa shape index (κ2) is 13.1. The topological polar surface area (TPSA) is 73.6 Å². The smallest absolute Gasteiger partial charge is 0.330 e. The van der Waals surface area contributed by atoms with Crippen LogP contribution in [-0.4, -0.2) is 33.1 Å². The Morgan fingerprint density at radius 2 is 1.77 bits per heavy atom. The number of nitrogens with zero attached hydrogens (tertiary/aromatic N) is 3. The number of esters is 1. The molecule has 206 valence electrons. The van der Waals surface area contributed by atoms with Crippen LogP contribution in [0.25, 0.3) is 17.2 Å². The van der Waals surface area contributed by atoms with E-state index >= 15 is 4.39 Å². The van der Waals surface area contributed by atoms with Crippen LogP contribution in [0.2, 0.25) is 0 Å². The van der Waals surface area contributed by atoms with Gasteiger partial charge in [0.15, 0.2) is 5.82 Å². The third-order valence-corrected chi connectivity index (χ3v) is 7.36. The van der Waals surface area contributed by atoms with Crippen LogP contribution in [0.15, 0.2) is 66.7 Å². The van der Waals surface area contributed by atoms with Gasteiger partial charge in [-0.15, -0.1) is 0 Å². The number of carbonyl (C=O) groups excluding carboxylic acids is 2. The minimum Gasteiger partial charge on any atom is -0.466 e. The monoisotopic (exact) mass is 539 g/mol. The molecule has 1 saturated carbocycles. The number of ether oxygens (including phenoxy) is 1. The molecule has 4 rings (SSSR count). The van der Waals surface area contributed by atoms with Gasteiger partial charge in [0.25, 0.3) is 0 Å². The van der Waals surface area contributed by atoms with Gasteiger partial charge < -0.3 is 14.5 Å². The summed E-state index contributed by atoms with van der Waals surface area (Å²) in [6.45, 7) is 0.116. The number of nitriles is 1. The number of amides is 1. The largest absolute Gasteiger partial charge is 0.466 e. The Labute approximate surface area is 235 Å². The standard InChI is InChI=1S/C33H34FN3O3/c1-36(2)28-16-13-24(14-17-28)29-18-12-23(20-27(29)21-35)22-37(33(39)26-8-5-4-6-9-26)30-11-7-10-25(32(30)34)15-19-31(38)40-3/h7,10-20,26H,4-6,8-9,22H2,1-3H3/b19-15+. The molecule has 0 radical (unpaired) electrons. The maximum atomic E-state index is 15.8. The summed E-state index contributed by atoms with van der Waals surface area (Å²) in [6.07, 6.45) is 7.06. The molecule has 7 heteroatoms. The molecule has 1 aliphatic carbocycles. The highest BCUT2D eigenvalue weighted by molar-refractivity contribution is 5.96. The van der Waals surface area contributed by atoms with Gasteiger partial charge in [0.2, 0.25) is 5.91 Å². The van der Waals surface area contributed by atoms with E-state index in [1.807, 2.05) is 55.4 Å². The predicted octanol–water partition coefficient (Wildman–Crippen LogP) is 6.73. The molecule has 0 spiro atoms. The van der Waals surface area contributed by atoms with E-state index < -0.39 is 11.8 Å². The van der Waals surface area contributed by atoms with Crippen molar-refractivity contribution in [2.75, 3.05) is 31.0 Å². The van der Waals surface area contributed by atoms with Gasteiger partial charge in [-0.2, -0.15) is 5.26 Å². The molecular weight excluding hydrogens is 505 g/mol. The van der Waals surface area contributed by atoms with Crippen LogP contribution >= 0.6 is 0 Å². The number of carbonyl (C=O) groups is 2. The normalized spacial score (nSPS) is 13.6. The van der Waals surface area contributed by atoms with Crippen LogP contribution in [0.1, 0.15) is 48.8 Å². The highest BCUT2D eigenvalue weighted by atomic mass is 19.1. The van der Waals surface area contributed by atoms with Crippen LogP contribution in [0, 0.1) is 23.1 Å². The molecule has 1 amide bonds. The minimum atomic E-state index is -0.597. The van der Waals surface area contributed by atoms with Crippen molar-refractivity contribution >= 4 is 29.3 Å². The summed E-state index contributed by atoms with van der Waals surface area (Å²) in [5, 5.41) is 9.97. The molecular formula is C33H34FN3O3. The van der Waals surface area contributed by atoms with Crippen molar-refractivity contribution in [1.29, 1.82) is 5.26 Å². The molecule has 3 aromatic carbocycles. The average molecular weight is 540 g/mol. The van der Waals surface area contributed by atoms with Crippen LogP contribution in [0.3, 0.4) is 0 Å². The molecule has 0 saturated heterocycles. The first-order chi connectivity index (χ1) is 19.3. The second-order valence-electron chi connectivity index (χ2n) is 10.2. The van der Waals surface area contributed by atoms with Crippen molar-refractivity contribution in [3.05, 3.63) is 89.2 Å². The lowest BCUT2D eigenvalue weighted by Crippen LogP contribution is -2.37. The lowest BCUT2D eigenvalue weighted by molar-refractivity contribution is -0.134. The third-order valence-electron chi connectivity index (χ3n) is 7.36. The Kier molecular flexibility index (Phi) is 9.34. The second-order valence-corrected chi connectivity index (χ2v) is 10.2. The first-order valence-corrected chi connectivity index (χ1v) is 13.5. The molecule has 0 aliphatic heterocycles. The zero-order valence-corrected chi connectivity index (χ0v) is 23.2. The molecule has 1 aliphatic rings. The molecule has 0 N–H and O–H groups in total.